The number of carbonyl (C=O) groups is 1. The van der Waals surface area contributed by atoms with Gasteiger partial charge in [-0.2, -0.15) is 0 Å². The lowest BCUT2D eigenvalue weighted by Crippen LogP contribution is -2.51. The van der Waals surface area contributed by atoms with Crippen LogP contribution in [0.5, 0.6) is 5.75 Å². The quantitative estimate of drug-likeness (QED) is 0.581. The van der Waals surface area contributed by atoms with Crippen LogP contribution in [-0.2, 0) is 4.74 Å². The maximum Gasteiger partial charge on any atom is 0.255 e. The molecular formula is C23H31BrN2O3. The van der Waals surface area contributed by atoms with Crippen molar-refractivity contribution >= 4 is 32.6 Å². The average Bonchev–Trinajstić information content (AvgIpc) is 2.72. The van der Waals surface area contributed by atoms with Gasteiger partial charge in [0.25, 0.3) is 5.91 Å². The molecule has 3 rings (SSSR count). The Kier molecular flexibility index (Phi) is 7.92. The van der Waals surface area contributed by atoms with E-state index in [0.717, 1.165) is 53.3 Å². The summed E-state index contributed by atoms with van der Waals surface area (Å²) in [7, 11) is 1.69. The number of nitrogens with zero attached hydrogens (tertiary/aromatic N) is 1. The Morgan fingerprint density at radius 3 is 2.79 bits per heavy atom. The zero-order valence-corrected chi connectivity index (χ0v) is 19.1. The van der Waals surface area contributed by atoms with E-state index in [4.69, 9.17) is 9.47 Å². The number of fused-ring (bicyclic) bond motifs is 1. The van der Waals surface area contributed by atoms with Gasteiger partial charge in [0.1, 0.15) is 5.75 Å². The smallest absolute Gasteiger partial charge is 0.255 e. The van der Waals surface area contributed by atoms with E-state index in [-0.39, 0.29) is 18.0 Å². The lowest BCUT2D eigenvalue weighted by Gasteiger charge is -2.38. The first-order chi connectivity index (χ1) is 14.0. The molecule has 5 nitrogen and oxygen atoms in total. The van der Waals surface area contributed by atoms with Crippen LogP contribution in [0, 0.1) is 0 Å². The molecule has 1 aliphatic heterocycles. The number of benzene rings is 2. The zero-order valence-electron chi connectivity index (χ0n) is 17.5. The van der Waals surface area contributed by atoms with Crippen molar-refractivity contribution in [1.29, 1.82) is 0 Å². The van der Waals surface area contributed by atoms with E-state index < -0.39 is 0 Å². The van der Waals surface area contributed by atoms with Gasteiger partial charge < -0.3 is 19.7 Å². The third-order valence-electron chi connectivity index (χ3n) is 5.37. The summed E-state index contributed by atoms with van der Waals surface area (Å²) in [6, 6.07) is 10.4. The predicted octanol–water partition coefficient (Wildman–Crippen LogP) is 4.62. The molecule has 6 heteroatoms. The van der Waals surface area contributed by atoms with Gasteiger partial charge in [-0.1, -0.05) is 24.3 Å². The number of hydrogen-bond donors (Lipinski definition) is 1. The van der Waals surface area contributed by atoms with Gasteiger partial charge in [0.05, 0.1) is 16.6 Å². The van der Waals surface area contributed by atoms with E-state index in [1.54, 1.807) is 7.11 Å². The number of rotatable bonds is 8. The van der Waals surface area contributed by atoms with Crippen LogP contribution in [0.25, 0.3) is 10.8 Å². The van der Waals surface area contributed by atoms with Crippen molar-refractivity contribution in [3.05, 3.63) is 40.4 Å². The van der Waals surface area contributed by atoms with Crippen molar-refractivity contribution in [3.63, 3.8) is 0 Å². The second kappa shape index (κ2) is 10.4. The minimum Gasteiger partial charge on any atom is -0.492 e. The molecule has 1 fully saturated rings. The Morgan fingerprint density at radius 2 is 2.10 bits per heavy atom. The van der Waals surface area contributed by atoms with Crippen LogP contribution >= 0.6 is 15.9 Å². The average molecular weight is 463 g/mol. The molecule has 2 aromatic carbocycles. The molecule has 29 heavy (non-hydrogen) atoms. The molecule has 0 aromatic heterocycles. The van der Waals surface area contributed by atoms with E-state index in [1.807, 2.05) is 35.2 Å². The summed E-state index contributed by atoms with van der Waals surface area (Å²) < 4.78 is 12.0. The fourth-order valence-corrected chi connectivity index (χ4v) is 4.61. The third kappa shape index (κ3) is 5.11. The van der Waals surface area contributed by atoms with Gasteiger partial charge in [-0.25, -0.2) is 0 Å². The van der Waals surface area contributed by atoms with Crippen LogP contribution in [0.1, 0.15) is 43.5 Å². The Balaban J connectivity index is 1.98. The minimum absolute atomic E-state index is 0.0491. The number of piperidine rings is 1. The first-order valence-electron chi connectivity index (χ1n) is 10.4. The maximum atomic E-state index is 13.7. The van der Waals surface area contributed by atoms with Crippen molar-refractivity contribution in [1.82, 2.24) is 10.2 Å². The lowest BCUT2D eigenvalue weighted by atomic mass is 10.0. The lowest BCUT2D eigenvalue weighted by molar-refractivity contribution is 0.0572. The molecule has 0 saturated carbocycles. The van der Waals surface area contributed by atoms with Crippen molar-refractivity contribution in [2.45, 2.75) is 45.2 Å². The van der Waals surface area contributed by atoms with Crippen LogP contribution < -0.4 is 10.1 Å². The Hall–Kier alpha value is -1.63. The molecule has 1 aliphatic rings. The Labute approximate surface area is 181 Å². The number of carbonyl (C=O) groups excluding carboxylic acids is 1. The molecule has 1 heterocycles. The summed E-state index contributed by atoms with van der Waals surface area (Å²) in [5, 5.41) is 5.44. The van der Waals surface area contributed by atoms with Crippen molar-refractivity contribution < 1.29 is 14.3 Å². The Morgan fingerprint density at radius 1 is 1.31 bits per heavy atom. The fraction of sp³-hybridized carbons (Fsp3) is 0.522. The monoisotopic (exact) mass is 462 g/mol. The first kappa shape index (κ1) is 22.1. The summed E-state index contributed by atoms with van der Waals surface area (Å²) in [4.78, 5) is 15.7. The van der Waals surface area contributed by atoms with Gasteiger partial charge in [0, 0.05) is 44.2 Å². The van der Waals surface area contributed by atoms with E-state index in [1.165, 1.54) is 0 Å². The SMILES string of the molecule is COCCCOc1c(Br)c(C(=O)N(C(C)C)[C@@H]2CCCNC2)cc2ccccc12. The largest absolute Gasteiger partial charge is 0.492 e. The molecule has 2 aromatic rings. The number of halogens is 1. The van der Waals surface area contributed by atoms with E-state index in [2.05, 4.69) is 35.1 Å². The van der Waals surface area contributed by atoms with E-state index in [9.17, 15) is 4.79 Å². The van der Waals surface area contributed by atoms with Crippen LogP contribution in [-0.4, -0.2) is 56.3 Å². The summed E-state index contributed by atoms with van der Waals surface area (Å²) in [5.41, 5.74) is 0.657. The summed E-state index contributed by atoms with van der Waals surface area (Å²) in [6.45, 7) is 7.22. The van der Waals surface area contributed by atoms with E-state index in [0.29, 0.717) is 18.8 Å². The fourth-order valence-electron chi connectivity index (χ4n) is 4.00. The van der Waals surface area contributed by atoms with Crippen LogP contribution in [0.3, 0.4) is 0 Å². The van der Waals surface area contributed by atoms with Crippen molar-refractivity contribution in [3.8, 4) is 5.75 Å². The minimum atomic E-state index is 0.0491. The number of hydrogen-bond acceptors (Lipinski definition) is 4. The van der Waals surface area contributed by atoms with Crippen LogP contribution in [0.15, 0.2) is 34.8 Å². The molecule has 0 unspecified atom stereocenters. The second-order valence-electron chi connectivity index (χ2n) is 7.79. The molecule has 1 atom stereocenters. The highest BCUT2D eigenvalue weighted by Gasteiger charge is 2.30. The molecule has 0 spiro atoms. The highest BCUT2D eigenvalue weighted by molar-refractivity contribution is 9.10. The highest BCUT2D eigenvalue weighted by Crippen LogP contribution is 2.38. The molecule has 1 N–H and O–H groups in total. The highest BCUT2D eigenvalue weighted by atomic mass is 79.9. The Bertz CT molecular complexity index is 834. The molecule has 1 amide bonds. The second-order valence-corrected chi connectivity index (χ2v) is 8.58. The molecular weight excluding hydrogens is 432 g/mol. The number of methoxy groups -OCH3 is 1. The standard InChI is InChI=1S/C23H31BrN2O3/c1-16(2)26(18-9-6-11-25-15-18)23(27)20-14-17-8-4-5-10-19(17)22(21(20)24)29-13-7-12-28-3/h4-5,8,10,14,16,18,25H,6-7,9,11-13,15H2,1-3H3/t18-/m1/s1. The van der Waals surface area contributed by atoms with E-state index >= 15 is 0 Å². The first-order valence-corrected chi connectivity index (χ1v) is 11.2. The van der Waals surface area contributed by atoms with Crippen molar-refractivity contribution in [2.24, 2.45) is 0 Å². The van der Waals surface area contributed by atoms with Crippen molar-refractivity contribution in [2.75, 3.05) is 33.4 Å². The molecule has 0 radical (unpaired) electrons. The molecule has 0 bridgehead atoms. The maximum absolute atomic E-state index is 13.7. The summed E-state index contributed by atoms with van der Waals surface area (Å²) in [5.74, 6) is 0.779. The van der Waals surface area contributed by atoms with Crippen LogP contribution in [0.2, 0.25) is 0 Å². The number of ether oxygens (including phenoxy) is 2. The number of nitrogens with one attached hydrogen (secondary N) is 1. The zero-order chi connectivity index (χ0) is 20.8. The molecule has 1 saturated heterocycles. The molecule has 0 aliphatic carbocycles. The topological polar surface area (TPSA) is 50.8 Å². The molecule has 158 valence electrons. The van der Waals surface area contributed by atoms with Gasteiger partial charge in [-0.3, -0.25) is 4.79 Å². The normalized spacial score (nSPS) is 16.9. The predicted molar refractivity (Wildman–Crippen MR) is 121 cm³/mol. The summed E-state index contributed by atoms with van der Waals surface area (Å²) >= 11 is 3.69. The van der Waals surface area contributed by atoms with Gasteiger partial charge >= 0.3 is 0 Å². The van der Waals surface area contributed by atoms with Gasteiger partial charge in [-0.15, -0.1) is 0 Å². The van der Waals surface area contributed by atoms with Gasteiger partial charge in [-0.05, 0) is 60.6 Å². The van der Waals surface area contributed by atoms with Gasteiger partial charge in [0.2, 0.25) is 0 Å². The summed E-state index contributed by atoms with van der Waals surface area (Å²) in [6.07, 6.45) is 2.91. The third-order valence-corrected chi connectivity index (χ3v) is 6.15. The number of amides is 1. The van der Waals surface area contributed by atoms with Crippen LogP contribution in [0.4, 0.5) is 0 Å². The van der Waals surface area contributed by atoms with Gasteiger partial charge in [0.15, 0.2) is 0 Å².